The van der Waals surface area contributed by atoms with E-state index in [0.717, 1.165) is 25.7 Å². The molecule has 7 nitrogen and oxygen atoms in total. The van der Waals surface area contributed by atoms with E-state index in [0.29, 0.717) is 37.8 Å². The fourth-order valence-electron chi connectivity index (χ4n) is 4.92. The quantitative estimate of drug-likeness (QED) is 0.794. The van der Waals surface area contributed by atoms with Gasteiger partial charge in [0.05, 0.1) is 17.7 Å². The van der Waals surface area contributed by atoms with E-state index in [1.807, 2.05) is 4.90 Å². The van der Waals surface area contributed by atoms with Gasteiger partial charge in [0.1, 0.15) is 5.69 Å². The molecule has 1 aliphatic carbocycles. The fraction of sp³-hybridized carbons (Fsp3) is 0.750. The molecule has 1 aromatic rings. The second-order valence-corrected chi connectivity index (χ2v) is 9.06. The first-order valence-electron chi connectivity index (χ1n) is 10.5. The number of aromatic nitrogens is 1. The van der Waals surface area contributed by atoms with E-state index in [9.17, 15) is 14.7 Å². The van der Waals surface area contributed by atoms with Crippen molar-refractivity contribution in [3.63, 3.8) is 0 Å². The smallest absolute Gasteiger partial charge is 0.273 e. The molecule has 4 rings (SSSR count). The zero-order valence-electron chi connectivity index (χ0n) is 16.3. The molecule has 2 N–H and O–H groups in total. The SMILES string of the molecule is O=C(NC1CCCCC1)[C@@H]1C[C@@H](O)CN1C1CCN(C(=O)c2cscn2)CC1. The summed E-state index contributed by atoms with van der Waals surface area (Å²) in [5, 5.41) is 15.2. The van der Waals surface area contributed by atoms with Crippen LogP contribution in [0.1, 0.15) is 61.9 Å². The van der Waals surface area contributed by atoms with E-state index in [1.54, 1.807) is 10.9 Å². The van der Waals surface area contributed by atoms with Crippen molar-refractivity contribution >= 4 is 23.2 Å². The Labute approximate surface area is 170 Å². The number of carbonyl (C=O) groups excluding carboxylic acids is 2. The highest BCUT2D eigenvalue weighted by Gasteiger charge is 2.41. The number of piperidine rings is 1. The van der Waals surface area contributed by atoms with Crippen molar-refractivity contribution in [1.82, 2.24) is 20.1 Å². The average Bonchev–Trinajstić information content (AvgIpc) is 3.38. The Bertz CT molecular complexity index is 669. The number of β-amino-alcohol motifs (C(OH)–C–C–N with tert-alkyl or cyclic N) is 1. The van der Waals surface area contributed by atoms with Crippen molar-refractivity contribution in [1.29, 1.82) is 0 Å². The highest BCUT2D eigenvalue weighted by molar-refractivity contribution is 7.07. The van der Waals surface area contributed by atoms with E-state index in [2.05, 4.69) is 15.2 Å². The molecular weight excluding hydrogens is 376 g/mol. The molecule has 3 fully saturated rings. The monoisotopic (exact) mass is 406 g/mol. The van der Waals surface area contributed by atoms with Crippen LogP contribution in [0.4, 0.5) is 0 Å². The van der Waals surface area contributed by atoms with E-state index in [1.165, 1.54) is 30.6 Å². The second kappa shape index (κ2) is 8.88. The maximum Gasteiger partial charge on any atom is 0.273 e. The molecule has 28 heavy (non-hydrogen) atoms. The lowest BCUT2D eigenvalue weighted by molar-refractivity contribution is -0.127. The van der Waals surface area contributed by atoms with Gasteiger partial charge in [-0.25, -0.2) is 4.98 Å². The number of likely N-dealkylation sites (tertiary alicyclic amines) is 2. The Hall–Kier alpha value is -1.51. The van der Waals surface area contributed by atoms with Crippen molar-refractivity contribution < 1.29 is 14.7 Å². The van der Waals surface area contributed by atoms with Crippen LogP contribution < -0.4 is 5.32 Å². The number of nitrogens with one attached hydrogen (secondary N) is 1. The van der Waals surface area contributed by atoms with Gasteiger partial charge in [0.15, 0.2) is 0 Å². The minimum atomic E-state index is -0.447. The maximum absolute atomic E-state index is 12.9. The number of aliphatic hydroxyl groups excluding tert-OH is 1. The molecule has 0 radical (unpaired) electrons. The van der Waals surface area contributed by atoms with Gasteiger partial charge in [-0.2, -0.15) is 0 Å². The molecule has 2 saturated heterocycles. The summed E-state index contributed by atoms with van der Waals surface area (Å²) >= 11 is 1.43. The van der Waals surface area contributed by atoms with Crippen LogP contribution in [0.2, 0.25) is 0 Å². The minimum Gasteiger partial charge on any atom is -0.392 e. The molecule has 0 spiro atoms. The second-order valence-electron chi connectivity index (χ2n) is 8.34. The minimum absolute atomic E-state index is 0.00671. The summed E-state index contributed by atoms with van der Waals surface area (Å²) in [5.74, 6) is 0.0668. The van der Waals surface area contributed by atoms with Gasteiger partial charge < -0.3 is 15.3 Å². The molecule has 1 aromatic heterocycles. The van der Waals surface area contributed by atoms with Crippen LogP contribution in [-0.2, 0) is 4.79 Å². The molecule has 8 heteroatoms. The average molecular weight is 407 g/mol. The lowest BCUT2D eigenvalue weighted by Gasteiger charge is -2.39. The number of thiazole rings is 1. The van der Waals surface area contributed by atoms with Crippen LogP contribution in [-0.4, -0.2) is 75.6 Å². The number of carbonyl (C=O) groups is 2. The largest absolute Gasteiger partial charge is 0.392 e. The molecule has 2 aliphatic heterocycles. The Morgan fingerprint density at radius 2 is 1.89 bits per heavy atom. The molecule has 2 amide bonds. The van der Waals surface area contributed by atoms with Crippen LogP contribution in [0.15, 0.2) is 10.9 Å². The lowest BCUT2D eigenvalue weighted by atomic mass is 9.95. The normalized spacial score (nSPS) is 27.8. The van der Waals surface area contributed by atoms with Crippen molar-refractivity contribution in [2.45, 2.75) is 75.6 Å². The topological polar surface area (TPSA) is 85.8 Å². The zero-order chi connectivity index (χ0) is 19.5. The maximum atomic E-state index is 12.9. The number of nitrogens with zero attached hydrogens (tertiary/aromatic N) is 3. The summed E-state index contributed by atoms with van der Waals surface area (Å²) in [4.78, 5) is 33.6. The molecule has 3 heterocycles. The van der Waals surface area contributed by atoms with E-state index < -0.39 is 6.10 Å². The van der Waals surface area contributed by atoms with Crippen LogP contribution >= 0.6 is 11.3 Å². The number of hydrogen-bond donors (Lipinski definition) is 2. The Morgan fingerprint density at radius 1 is 1.14 bits per heavy atom. The van der Waals surface area contributed by atoms with Crippen molar-refractivity contribution in [2.24, 2.45) is 0 Å². The van der Waals surface area contributed by atoms with Crippen molar-refractivity contribution in [2.75, 3.05) is 19.6 Å². The van der Waals surface area contributed by atoms with E-state index in [-0.39, 0.29) is 23.9 Å². The Kier molecular flexibility index (Phi) is 6.28. The molecule has 2 atom stereocenters. The molecular formula is C20H30N4O3S. The third-order valence-corrected chi connectivity index (χ3v) is 7.03. The third kappa shape index (κ3) is 4.39. The number of aliphatic hydroxyl groups is 1. The van der Waals surface area contributed by atoms with Gasteiger partial charge in [-0.3, -0.25) is 14.5 Å². The summed E-state index contributed by atoms with van der Waals surface area (Å²) in [6, 6.07) is 0.278. The fourth-order valence-corrected chi connectivity index (χ4v) is 5.45. The first-order chi connectivity index (χ1) is 13.6. The highest BCUT2D eigenvalue weighted by Crippen LogP contribution is 2.28. The predicted octanol–water partition coefficient (Wildman–Crippen LogP) is 1.63. The molecule has 0 unspecified atom stereocenters. The van der Waals surface area contributed by atoms with Crippen molar-refractivity contribution in [3.05, 3.63) is 16.6 Å². The number of rotatable bonds is 4. The number of amides is 2. The first-order valence-corrected chi connectivity index (χ1v) is 11.5. The van der Waals surface area contributed by atoms with Gasteiger partial charge in [0.2, 0.25) is 5.91 Å². The summed E-state index contributed by atoms with van der Waals surface area (Å²) in [5.41, 5.74) is 2.20. The first kappa shape index (κ1) is 19.8. The van der Waals surface area contributed by atoms with Gasteiger partial charge in [0, 0.05) is 37.1 Å². The zero-order valence-corrected chi connectivity index (χ0v) is 17.1. The van der Waals surface area contributed by atoms with Crippen LogP contribution in [0, 0.1) is 0 Å². The molecule has 1 saturated carbocycles. The summed E-state index contributed by atoms with van der Waals surface area (Å²) in [7, 11) is 0. The highest BCUT2D eigenvalue weighted by atomic mass is 32.1. The molecule has 0 bridgehead atoms. The number of hydrogen-bond acceptors (Lipinski definition) is 6. The summed E-state index contributed by atoms with van der Waals surface area (Å²) in [6.07, 6.45) is 7.50. The molecule has 3 aliphatic rings. The van der Waals surface area contributed by atoms with Crippen molar-refractivity contribution in [3.8, 4) is 0 Å². The molecule has 154 valence electrons. The predicted molar refractivity (Wildman–Crippen MR) is 107 cm³/mol. The van der Waals surface area contributed by atoms with Crippen LogP contribution in [0.3, 0.4) is 0 Å². The Balaban J connectivity index is 1.33. The van der Waals surface area contributed by atoms with Gasteiger partial charge in [-0.1, -0.05) is 19.3 Å². The lowest BCUT2D eigenvalue weighted by Crippen LogP contribution is -2.53. The molecule has 0 aromatic carbocycles. The van der Waals surface area contributed by atoms with E-state index in [4.69, 9.17) is 0 Å². The summed E-state index contributed by atoms with van der Waals surface area (Å²) in [6.45, 7) is 1.89. The van der Waals surface area contributed by atoms with E-state index >= 15 is 0 Å². The third-order valence-electron chi connectivity index (χ3n) is 6.44. The standard InChI is InChI=1S/C20H30N4O3S/c25-16-10-18(19(26)22-14-4-2-1-3-5-14)24(11-16)15-6-8-23(9-7-15)20(27)17-12-28-13-21-17/h12-16,18,25H,1-11H2,(H,22,26)/t16-,18+/m1/s1. The summed E-state index contributed by atoms with van der Waals surface area (Å²) < 4.78 is 0. The van der Waals surface area contributed by atoms with Gasteiger partial charge in [-0.15, -0.1) is 11.3 Å². The Morgan fingerprint density at radius 3 is 2.57 bits per heavy atom. The van der Waals surface area contributed by atoms with Gasteiger partial charge in [0.25, 0.3) is 5.91 Å². The van der Waals surface area contributed by atoms with Crippen LogP contribution in [0.25, 0.3) is 0 Å². The van der Waals surface area contributed by atoms with Gasteiger partial charge >= 0.3 is 0 Å². The van der Waals surface area contributed by atoms with Gasteiger partial charge in [-0.05, 0) is 32.1 Å². The van der Waals surface area contributed by atoms with Crippen LogP contribution in [0.5, 0.6) is 0 Å².